The first-order valence-electron chi connectivity index (χ1n) is 9.49. The van der Waals surface area contributed by atoms with Gasteiger partial charge >= 0.3 is 0 Å². The van der Waals surface area contributed by atoms with Gasteiger partial charge in [0.2, 0.25) is 5.91 Å². The lowest BCUT2D eigenvalue weighted by Crippen LogP contribution is -2.28. The second-order valence-corrected chi connectivity index (χ2v) is 7.05. The number of carbonyl (C=O) groups is 2. The van der Waals surface area contributed by atoms with Gasteiger partial charge in [-0.15, -0.1) is 0 Å². The van der Waals surface area contributed by atoms with Gasteiger partial charge in [-0.25, -0.2) is 0 Å². The van der Waals surface area contributed by atoms with E-state index < -0.39 is 0 Å². The summed E-state index contributed by atoms with van der Waals surface area (Å²) in [5.41, 5.74) is 3.01. The SMILES string of the molecule is O=C(c1ccccc1)c1cccc(NC(=O)C2CNCC2c2ccccc2)c1. The van der Waals surface area contributed by atoms with E-state index >= 15 is 0 Å². The Balaban J connectivity index is 1.50. The lowest BCUT2D eigenvalue weighted by atomic mass is 9.88. The van der Waals surface area contributed by atoms with Gasteiger partial charge in [0, 0.05) is 35.8 Å². The van der Waals surface area contributed by atoms with Gasteiger partial charge in [0.1, 0.15) is 0 Å². The number of rotatable bonds is 5. The third-order valence-electron chi connectivity index (χ3n) is 5.21. The van der Waals surface area contributed by atoms with Crippen molar-refractivity contribution in [3.63, 3.8) is 0 Å². The number of ketones is 1. The van der Waals surface area contributed by atoms with Crippen molar-refractivity contribution in [1.29, 1.82) is 0 Å². The molecule has 1 heterocycles. The topological polar surface area (TPSA) is 58.2 Å². The Labute approximate surface area is 164 Å². The molecule has 4 heteroatoms. The van der Waals surface area contributed by atoms with Gasteiger partial charge in [0.15, 0.2) is 5.78 Å². The maximum absolute atomic E-state index is 12.9. The van der Waals surface area contributed by atoms with Crippen LogP contribution in [0.5, 0.6) is 0 Å². The molecule has 1 amide bonds. The molecular formula is C24H22N2O2. The third-order valence-corrected chi connectivity index (χ3v) is 5.21. The van der Waals surface area contributed by atoms with Gasteiger partial charge in [-0.05, 0) is 17.7 Å². The lowest BCUT2D eigenvalue weighted by molar-refractivity contribution is -0.119. The molecule has 2 atom stereocenters. The highest BCUT2D eigenvalue weighted by Gasteiger charge is 2.33. The van der Waals surface area contributed by atoms with Crippen LogP contribution in [0.1, 0.15) is 27.4 Å². The molecule has 4 nitrogen and oxygen atoms in total. The van der Waals surface area contributed by atoms with E-state index in [2.05, 4.69) is 22.8 Å². The molecule has 0 spiro atoms. The molecule has 2 unspecified atom stereocenters. The van der Waals surface area contributed by atoms with Crippen LogP contribution in [0.15, 0.2) is 84.9 Å². The van der Waals surface area contributed by atoms with E-state index in [4.69, 9.17) is 0 Å². The van der Waals surface area contributed by atoms with E-state index in [1.54, 1.807) is 30.3 Å². The van der Waals surface area contributed by atoms with Crippen LogP contribution in [0.25, 0.3) is 0 Å². The molecule has 0 aromatic heterocycles. The fourth-order valence-electron chi connectivity index (χ4n) is 3.73. The van der Waals surface area contributed by atoms with Crippen LogP contribution < -0.4 is 10.6 Å². The number of anilines is 1. The Morgan fingerprint density at radius 3 is 2.21 bits per heavy atom. The summed E-state index contributed by atoms with van der Waals surface area (Å²) in [5.74, 6) is -0.0734. The molecule has 1 saturated heterocycles. The third kappa shape index (κ3) is 3.87. The summed E-state index contributed by atoms with van der Waals surface area (Å²) >= 11 is 0. The largest absolute Gasteiger partial charge is 0.326 e. The monoisotopic (exact) mass is 370 g/mol. The standard InChI is InChI=1S/C24H22N2O2/c27-23(18-10-5-2-6-11-18)19-12-7-13-20(14-19)26-24(28)22-16-25-15-21(22)17-8-3-1-4-9-17/h1-14,21-22,25H,15-16H2,(H,26,28). The average Bonchev–Trinajstić information content (AvgIpc) is 3.25. The molecule has 4 rings (SSSR count). The summed E-state index contributed by atoms with van der Waals surface area (Å²) in [4.78, 5) is 25.6. The summed E-state index contributed by atoms with van der Waals surface area (Å²) in [7, 11) is 0. The van der Waals surface area contributed by atoms with E-state index in [0.29, 0.717) is 23.4 Å². The van der Waals surface area contributed by atoms with Crippen molar-refractivity contribution in [2.75, 3.05) is 18.4 Å². The minimum Gasteiger partial charge on any atom is -0.326 e. The summed E-state index contributed by atoms with van der Waals surface area (Å²) in [6.07, 6.45) is 0. The zero-order chi connectivity index (χ0) is 19.3. The van der Waals surface area contributed by atoms with Crippen LogP contribution in [-0.4, -0.2) is 24.8 Å². The van der Waals surface area contributed by atoms with E-state index in [1.165, 1.54) is 5.56 Å². The molecule has 28 heavy (non-hydrogen) atoms. The number of amides is 1. The maximum Gasteiger partial charge on any atom is 0.229 e. The number of nitrogens with one attached hydrogen (secondary N) is 2. The molecule has 0 radical (unpaired) electrons. The number of hydrogen-bond acceptors (Lipinski definition) is 3. The molecule has 140 valence electrons. The summed E-state index contributed by atoms with van der Waals surface area (Å²) in [6.45, 7) is 1.43. The van der Waals surface area contributed by atoms with Gasteiger partial charge in [-0.2, -0.15) is 0 Å². The maximum atomic E-state index is 12.9. The highest BCUT2D eigenvalue weighted by atomic mass is 16.2. The molecule has 3 aromatic rings. The van der Waals surface area contributed by atoms with Gasteiger partial charge in [-0.3, -0.25) is 9.59 Å². The van der Waals surface area contributed by atoms with Gasteiger partial charge in [0.05, 0.1) is 5.92 Å². The quantitative estimate of drug-likeness (QED) is 0.671. The van der Waals surface area contributed by atoms with Crippen LogP contribution in [0.3, 0.4) is 0 Å². The molecule has 2 N–H and O–H groups in total. The Bertz CT molecular complexity index is 970. The Kier molecular flexibility index (Phi) is 5.31. The zero-order valence-electron chi connectivity index (χ0n) is 15.5. The highest BCUT2D eigenvalue weighted by molar-refractivity contribution is 6.09. The average molecular weight is 370 g/mol. The van der Waals surface area contributed by atoms with Crippen LogP contribution >= 0.6 is 0 Å². The van der Waals surface area contributed by atoms with E-state index in [9.17, 15) is 9.59 Å². The summed E-state index contributed by atoms with van der Waals surface area (Å²) < 4.78 is 0. The van der Waals surface area contributed by atoms with E-state index in [-0.39, 0.29) is 23.5 Å². The first-order chi connectivity index (χ1) is 13.7. The van der Waals surface area contributed by atoms with Crippen molar-refractivity contribution < 1.29 is 9.59 Å². The van der Waals surface area contributed by atoms with Crippen molar-refractivity contribution in [1.82, 2.24) is 5.32 Å². The van der Waals surface area contributed by atoms with Crippen molar-refractivity contribution in [3.8, 4) is 0 Å². The molecular weight excluding hydrogens is 348 g/mol. The minimum atomic E-state index is -0.143. The van der Waals surface area contributed by atoms with Gasteiger partial charge in [0.25, 0.3) is 0 Å². The van der Waals surface area contributed by atoms with Crippen LogP contribution in [0, 0.1) is 5.92 Å². The second kappa shape index (κ2) is 8.19. The lowest BCUT2D eigenvalue weighted by Gasteiger charge is -2.18. The van der Waals surface area contributed by atoms with Crippen LogP contribution in [-0.2, 0) is 4.79 Å². The molecule has 0 bridgehead atoms. The van der Waals surface area contributed by atoms with E-state index in [1.807, 2.05) is 42.5 Å². The normalized spacial score (nSPS) is 18.6. The van der Waals surface area contributed by atoms with Crippen molar-refractivity contribution in [2.45, 2.75) is 5.92 Å². The summed E-state index contributed by atoms with van der Waals surface area (Å²) in [5, 5.41) is 6.32. The van der Waals surface area contributed by atoms with Gasteiger partial charge in [-0.1, -0.05) is 72.8 Å². The molecule has 3 aromatic carbocycles. The molecule has 1 fully saturated rings. The Morgan fingerprint density at radius 1 is 0.786 bits per heavy atom. The predicted molar refractivity (Wildman–Crippen MR) is 110 cm³/mol. The van der Waals surface area contributed by atoms with Gasteiger partial charge < -0.3 is 10.6 Å². The fraction of sp³-hybridized carbons (Fsp3) is 0.167. The highest BCUT2D eigenvalue weighted by Crippen LogP contribution is 2.29. The predicted octanol–water partition coefficient (Wildman–Crippen LogP) is 3.86. The van der Waals surface area contributed by atoms with Crippen LogP contribution in [0.2, 0.25) is 0 Å². The Morgan fingerprint density at radius 2 is 1.46 bits per heavy atom. The summed E-state index contributed by atoms with van der Waals surface area (Å²) in [6, 6.07) is 26.4. The molecule has 1 aliphatic heterocycles. The minimum absolute atomic E-state index is 0.0248. The molecule has 0 saturated carbocycles. The van der Waals surface area contributed by atoms with E-state index in [0.717, 1.165) is 6.54 Å². The molecule has 0 aliphatic carbocycles. The number of benzene rings is 3. The van der Waals surface area contributed by atoms with Crippen LogP contribution in [0.4, 0.5) is 5.69 Å². The first kappa shape index (κ1) is 18.1. The zero-order valence-corrected chi connectivity index (χ0v) is 15.5. The Hall–Kier alpha value is -3.24. The smallest absolute Gasteiger partial charge is 0.229 e. The second-order valence-electron chi connectivity index (χ2n) is 7.05. The first-order valence-corrected chi connectivity index (χ1v) is 9.49. The van der Waals surface area contributed by atoms with Crippen molar-refractivity contribution >= 4 is 17.4 Å². The van der Waals surface area contributed by atoms with Crippen molar-refractivity contribution in [2.24, 2.45) is 5.92 Å². The molecule has 1 aliphatic rings. The van der Waals surface area contributed by atoms with Crippen molar-refractivity contribution in [3.05, 3.63) is 102 Å². The number of hydrogen-bond donors (Lipinski definition) is 2. The number of carbonyl (C=O) groups excluding carboxylic acids is 2. The fourth-order valence-corrected chi connectivity index (χ4v) is 3.73.